The van der Waals surface area contributed by atoms with Crippen molar-refractivity contribution in [3.63, 3.8) is 0 Å². The third-order valence-electron chi connectivity index (χ3n) is 6.62. The van der Waals surface area contributed by atoms with Gasteiger partial charge < -0.3 is 19.9 Å². The lowest BCUT2D eigenvalue weighted by Crippen LogP contribution is -2.41. The number of nitrogens with one attached hydrogen (secondary N) is 1. The average molecular weight is 444 g/mol. The Morgan fingerprint density at radius 1 is 1.19 bits per heavy atom. The van der Waals surface area contributed by atoms with Gasteiger partial charge in [-0.1, -0.05) is 6.07 Å². The highest BCUT2D eigenvalue weighted by Gasteiger charge is 2.46. The molecule has 2 aromatic rings. The van der Waals surface area contributed by atoms with Gasteiger partial charge in [0.15, 0.2) is 11.4 Å². The van der Waals surface area contributed by atoms with E-state index < -0.39 is 34.6 Å². The van der Waals surface area contributed by atoms with Crippen LogP contribution >= 0.6 is 0 Å². The van der Waals surface area contributed by atoms with E-state index in [0.717, 1.165) is 25.5 Å². The minimum absolute atomic E-state index is 0.0507. The topological polar surface area (TPSA) is 94.9 Å². The molecule has 10 heteroatoms. The highest BCUT2D eigenvalue weighted by atomic mass is 19.1. The Bertz CT molecular complexity index is 1180. The third-order valence-corrected chi connectivity index (χ3v) is 6.62. The molecular formula is C22H22F2N4O4. The van der Waals surface area contributed by atoms with Crippen molar-refractivity contribution in [2.24, 2.45) is 0 Å². The molecule has 32 heavy (non-hydrogen) atoms. The number of carbonyl (C=O) groups is 2. The molecule has 2 fully saturated rings. The predicted octanol–water partition coefficient (Wildman–Crippen LogP) is 1.41. The van der Waals surface area contributed by atoms with Crippen molar-refractivity contribution in [1.29, 1.82) is 0 Å². The molecule has 0 saturated carbocycles. The lowest BCUT2D eigenvalue weighted by molar-refractivity contribution is 0.0639. The van der Waals surface area contributed by atoms with Gasteiger partial charge in [-0.3, -0.25) is 19.3 Å². The summed E-state index contributed by atoms with van der Waals surface area (Å²) in [7, 11) is 0. The molecule has 3 aliphatic heterocycles. The summed E-state index contributed by atoms with van der Waals surface area (Å²) in [5, 5.41) is 13.0. The molecule has 8 nitrogen and oxygen atoms in total. The van der Waals surface area contributed by atoms with Crippen molar-refractivity contribution in [2.45, 2.75) is 44.6 Å². The SMILES string of the molecule is O=C(NCc1ccc(F)cc1F)c1cn2c(c(O)c1=O)C(=O)N1CC3CCCN3C1CC2. The number of fused-ring (bicyclic) bond motifs is 4. The van der Waals surface area contributed by atoms with Gasteiger partial charge in [0, 0.05) is 50.0 Å². The average Bonchev–Trinajstić information content (AvgIpc) is 3.31. The maximum absolute atomic E-state index is 13.8. The summed E-state index contributed by atoms with van der Waals surface area (Å²) in [5.74, 6) is -3.56. The fourth-order valence-electron chi connectivity index (χ4n) is 5.05. The Morgan fingerprint density at radius 3 is 2.78 bits per heavy atom. The summed E-state index contributed by atoms with van der Waals surface area (Å²) in [6.07, 6.45) is 3.89. The largest absolute Gasteiger partial charge is 0.503 e. The third kappa shape index (κ3) is 3.26. The van der Waals surface area contributed by atoms with Crippen LogP contribution < -0.4 is 10.7 Å². The van der Waals surface area contributed by atoms with Crippen LogP contribution in [-0.2, 0) is 13.1 Å². The quantitative estimate of drug-likeness (QED) is 0.747. The number of rotatable bonds is 3. The van der Waals surface area contributed by atoms with Crippen molar-refractivity contribution in [3.8, 4) is 5.75 Å². The molecule has 0 bridgehead atoms. The number of hydrogen-bond donors (Lipinski definition) is 2. The van der Waals surface area contributed by atoms with E-state index in [-0.39, 0.29) is 29.5 Å². The Hall–Kier alpha value is -3.27. The Morgan fingerprint density at radius 2 is 2.00 bits per heavy atom. The summed E-state index contributed by atoms with van der Waals surface area (Å²) in [5.41, 5.74) is -1.36. The van der Waals surface area contributed by atoms with E-state index in [2.05, 4.69) is 10.2 Å². The molecule has 2 atom stereocenters. The number of amides is 2. The molecule has 0 radical (unpaired) electrons. The molecule has 3 aliphatic rings. The van der Waals surface area contributed by atoms with Crippen molar-refractivity contribution < 1.29 is 23.5 Å². The first kappa shape index (κ1) is 20.6. The van der Waals surface area contributed by atoms with Gasteiger partial charge in [0.2, 0.25) is 5.43 Å². The van der Waals surface area contributed by atoms with Gasteiger partial charge >= 0.3 is 0 Å². The van der Waals surface area contributed by atoms with Gasteiger partial charge in [0.05, 0.1) is 6.17 Å². The Labute approximate surface area is 182 Å². The monoisotopic (exact) mass is 444 g/mol. The first-order chi connectivity index (χ1) is 15.3. The predicted molar refractivity (Wildman–Crippen MR) is 109 cm³/mol. The van der Waals surface area contributed by atoms with Gasteiger partial charge in [0.1, 0.15) is 17.2 Å². The second-order valence-corrected chi connectivity index (χ2v) is 8.44. The smallest absolute Gasteiger partial charge is 0.275 e. The number of nitrogens with zero attached hydrogens (tertiary/aromatic N) is 3. The van der Waals surface area contributed by atoms with E-state index in [0.29, 0.717) is 31.6 Å². The maximum Gasteiger partial charge on any atom is 0.275 e. The Kier molecular flexibility index (Phi) is 4.96. The summed E-state index contributed by atoms with van der Waals surface area (Å²) >= 11 is 0. The fraction of sp³-hybridized carbons (Fsp3) is 0.409. The van der Waals surface area contributed by atoms with Gasteiger partial charge in [-0.2, -0.15) is 0 Å². The van der Waals surface area contributed by atoms with Crippen molar-refractivity contribution in [2.75, 3.05) is 13.1 Å². The summed E-state index contributed by atoms with van der Waals surface area (Å²) in [6, 6.07) is 3.27. The lowest BCUT2D eigenvalue weighted by atomic mass is 10.1. The molecular weight excluding hydrogens is 422 g/mol. The van der Waals surface area contributed by atoms with Crippen LogP contribution in [0.3, 0.4) is 0 Å². The minimum atomic E-state index is -0.958. The number of aromatic hydroxyl groups is 1. The molecule has 2 unspecified atom stereocenters. The van der Waals surface area contributed by atoms with Crippen molar-refractivity contribution >= 4 is 11.8 Å². The molecule has 4 heterocycles. The lowest BCUT2D eigenvalue weighted by Gasteiger charge is -2.26. The van der Waals surface area contributed by atoms with Crippen LogP contribution in [0.2, 0.25) is 0 Å². The standard InChI is InChI=1S/C22H22F2N4O4/c23-13-4-3-12(16(24)8-13)9-25-21(31)15-11-26-7-5-17-27-6-1-2-14(27)10-28(17)22(32)18(26)20(30)19(15)29/h3-4,8,11,14,17,30H,1-2,5-7,9-10H2,(H,25,31). The van der Waals surface area contributed by atoms with E-state index in [1.165, 1.54) is 16.8 Å². The van der Waals surface area contributed by atoms with Crippen LogP contribution in [0.4, 0.5) is 8.78 Å². The second-order valence-electron chi connectivity index (χ2n) is 8.44. The van der Waals surface area contributed by atoms with Gasteiger partial charge in [-0.15, -0.1) is 0 Å². The molecule has 1 aromatic heterocycles. The highest BCUT2D eigenvalue weighted by Crippen LogP contribution is 2.35. The van der Waals surface area contributed by atoms with Gasteiger partial charge in [-0.05, 0) is 25.3 Å². The normalized spacial score (nSPS) is 22.3. The molecule has 0 aliphatic carbocycles. The highest BCUT2D eigenvalue weighted by molar-refractivity contribution is 5.99. The van der Waals surface area contributed by atoms with Crippen molar-refractivity contribution in [3.05, 3.63) is 63.1 Å². The van der Waals surface area contributed by atoms with Crippen LogP contribution in [0.25, 0.3) is 0 Å². The van der Waals surface area contributed by atoms with Crippen LogP contribution in [0.15, 0.2) is 29.2 Å². The van der Waals surface area contributed by atoms with E-state index >= 15 is 0 Å². The van der Waals surface area contributed by atoms with E-state index in [1.54, 1.807) is 4.90 Å². The first-order valence-corrected chi connectivity index (χ1v) is 10.6. The number of aryl methyl sites for hydroxylation is 1. The number of halogens is 2. The number of benzene rings is 1. The van der Waals surface area contributed by atoms with E-state index in [9.17, 15) is 28.3 Å². The van der Waals surface area contributed by atoms with Gasteiger partial charge in [-0.25, -0.2) is 8.78 Å². The molecule has 168 valence electrons. The minimum Gasteiger partial charge on any atom is -0.503 e. The van der Waals surface area contributed by atoms with Gasteiger partial charge in [0.25, 0.3) is 11.8 Å². The number of hydrogen-bond acceptors (Lipinski definition) is 5. The van der Waals surface area contributed by atoms with E-state index in [1.807, 2.05) is 0 Å². The number of aromatic nitrogens is 1. The maximum atomic E-state index is 13.8. The summed E-state index contributed by atoms with van der Waals surface area (Å²) in [6.45, 7) is 1.55. The fourth-order valence-corrected chi connectivity index (χ4v) is 5.05. The zero-order valence-electron chi connectivity index (χ0n) is 17.2. The number of pyridine rings is 1. The van der Waals surface area contributed by atoms with Crippen LogP contribution in [0, 0.1) is 11.6 Å². The molecule has 1 aromatic carbocycles. The molecule has 5 rings (SSSR count). The van der Waals surface area contributed by atoms with E-state index in [4.69, 9.17) is 0 Å². The number of carbonyl (C=O) groups excluding carboxylic acids is 2. The second kappa shape index (κ2) is 7.70. The zero-order chi connectivity index (χ0) is 22.6. The first-order valence-electron chi connectivity index (χ1n) is 10.6. The molecule has 2 amide bonds. The zero-order valence-corrected chi connectivity index (χ0v) is 17.2. The van der Waals surface area contributed by atoms with Crippen LogP contribution in [0.5, 0.6) is 5.75 Å². The van der Waals surface area contributed by atoms with Crippen LogP contribution in [-0.4, -0.2) is 56.6 Å². The molecule has 0 spiro atoms. The van der Waals surface area contributed by atoms with Crippen LogP contribution in [0.1, 0.15) is 45.7 Å². The summed E-state index contributed by atoms with van der Waals surface area (Å²) < 4.78 is 28.3. The van der Waals surface area contributed by atoms with Crippen molar-refractivity contribution in [1.82, 2.24) is 19.7 Å². The Balaban J connectivity index is 1.42. The molecule has 2 N–H and O–H groups in total. The summed E-state index contributed by atoms with van der Waals surface area (Å²) in [4.78, 5) is 42.5. The molecule has 2 saturated heterocycles.